The van der Waals surface area contributed by atoms with Gasteiger partial charge in [-0.2, -0.15) is 0 Å². The first-order chi connectivity index (χ1) is 22.2. The normalized spacial score (nSPS) is 56.6. The maximum atomic E-state index is 14.4. The number of fused-ring (bicyclic) bond motifs is 9. The number of hydrogen-bond acceptors (Lipinski definition) is 13. The molecule has 0 unspecified atom stereocenters. The molecule has 13 nitrogen and oxygen atoms in total. The van der Waals surface area contributed by atoms with Gasteiger partial charge in [-0.15, -0.1) is 0 Å². The third kappa shape index (κ3) is 3.32. The Morgan fingerprint density at radius 3 is 2.04 bits per heavy atom. The SMILES string of the molecule is CC(=O)O[C@H]1[C@@H]2[C@H]([C@H](C)[C@H]3O[C@]34OC(=O)[C@@](C)(O)[C@]24C)[C@]2(C)[C@@H]1C1=C(O)C(=O)[C@H]3C[C@@H]4O[C@@H]4[C@H](OC(C)=O)[C@]3(C)[C@H]1[C@H](C)[C@@H]2OC(C)=O. The zero-order valence-corrected chi connectivity index (χ0v) is 28.6. The average Bonchev–Trinajstić information content (AvgIpc) is 3.88. The number of carbonyl (C=O) groups is 5. The van der Waals surface area contributed by atoms with Crippen LogP contribution in [-0.4, -0.2) is 87.9 Å². The van der Waals surface area contributed by atoms with Gasteiger partial charge in [-0.1, -0.05) is 27.7 Å². The van der Waals surface area contributed by atoms with Crippen LogP contribution in [0.15, 0.2) is 11.3 Å². The van der Waals surface area contributed by atoms with E-state index in [2.05, 4.69) is 0 Å². The molecule has 8 rings (SSSR count). The fraction of sp³-hybridized carbons (Fsp3) is 0.800. The van der Waals surface area contributed by atoms with Crippen molar-refractivity contribution in [2.45, 2.75) is 117 Å². The number of aliphatic hydroxyl groups excluding tert-OH is 1. The van der Waals surface area contributed by atoms with E-state index in [0.29, 0.717) is 12.0 Å². The standard InChI is InChI=1S/C35H44O13/c1-11-19-18(24(40)23(39)16-10-17-25(46-17)29(31(16,19)6)45-15(5)38)21-26(43-13(3)36)22-20(32(21,7)27(11)44-14(4)37)12(2)28-35(47-28)33(22,8)34(9,42)30(41)48-35/h11-12,16-17,19-22,25-29,40,42H,10H2,1-9H3/t11-,12-,16+,17-,19-,20-,21+,22-,25-,26+,27-,28+,29-,31-,32+,33-,34+,35-/m0/s1. The molecule has 0 aromatic heterocycles. The molecule has 5 aliphatic carbocycles. The first kappa shape index (κ1) is 32.2. The molecule has 3 heterocycles. The van der Waals surface area contributed by atoms with Gasteiger partial charge in [-0.25, -0.2) is 4.79 Å². The summed E-state index contributed by atoms with van der Waals surface area (Å²) in [4.78, 5) is 66.4. The predicted molar refractivity (Wildman–Crippen MR) is 159 cm³/mol. The van der Waals surface area contributed by atoms with E-state index in [1.807, 2.05) is 27.7 Å². The molecule has 48 heavy (non-hydrogen) atoms. The molecular formula is C35H44O13. The summed E-state index contributed by atoms with van der Waals surface area (Å²) in [6.45, 7) is 14.6. The second-order valence-electron chi connectivity index (χ2n) is 16.6. The van der Waals surface area contributed by atoms with E-state index in [4.69, 9.17) is 28.4 Å². The van der Waals surface area contributed by atoms with Crippen LogP contribution in [0.3, 0.4) is 0 Å². The van der Waals surface area contributed by atoms with Crippen molar-refractivity contribution >= 4 is 29.7 Å². The molecule has 0 aromatic carbocycles. The lowest BCUT2D eigenvalue weighted by Crippen LogP contribution is -2.67. The molecule has 0 aromatic rings. The second-order valence-corrected chi connectivity index (χ2v) is 16.6. The molecule has 0 radical (unpaired) electrons. The minimum absolute atomic E-state index is 0.312. The number of esters is 4. The summed E-state index contributed by atoms with van der Waals surface area (Å²) >= 11 is 0. The minimum atomic E-state index is -2.08. The van der Waals surface area contributed by atoms with Crippen molar-refractivity contribution < 1.29 is 62.6 Å². The molecule has 8 aliphatic rings. The fourth-order valence-corrected chi connectivity index (χ4v) is 12.8. The zero-order valence-electron chi connectivity index (χ0n) is 28.6. The average molecular weight is 673 g/mol. The Morgan fingerprint density at radius 1 is 0.833 bits per heavy atom. The molecule has 1 spiro atoms. The molecular weight excluding hydrogens is 628 g/mol. The largest absolute Gasteiger partial charge is 0.504 e. The van der Waals surface area contributed by atoms with E-state index >= 15 is 0 Å². The Morgan fingerprint density at radius 2 is 1.44 bits per heavy atom. The van der Waals surface area contributed by atoms with Crippen molar-refractivity contribution in [1.82, 2.24) is 0 Å². The number of allylic oxidation sites excluding steroid dienone is 1. The van der Waals surface area contributed by atoms with Gasteiger partial charge in [0.15, 0.2) is 11.4 Å². The minimum Gasteiger partial charge on any atom is -0.504 e. The van der Waals surface area contributed by atoms with Crippen LogP contribution < -0.4 is 0 Å². The molecule has 262 valence electrons. The van der Waals surface area contributed by atoms with Crippen molar-refractivity contribution in [1.29, 1.82) is 0 Å². The number of hydrogen-bond donors (Lipinski definition) is 2. The Labute approximate surface area is 277 Å². The maximum absolute atomic E-state index is 14.4. The summed E-state index contributed by atoms with van der Waals surface area (Å²) in [5.74, 6) is -9.69. The Balaban J connectivity index is 1.41. The van der Waals surface area contributed by atoms with Crippen molar-refractivity contribution in [2.75, 3.05) is 0 Å². The molecule has 4 saturated carbocycles. The maximum Gasteiger partial charge on any atom is 0.341 e. The Hall–Kier alpha value is -3.03. The van der Waals surface area contributed by atoms with Crippen molar-refractivity contribution in [2.24, 2.45) is 57.7 Å². The fourth-order valence-electron chi connectivity index (χ4n) is 12.8. The van der Waals surface area contributed by atoms with Gasteiger partial charge in [-0.05, 0) is 37.7 Å². The van der Waals surface area contributed by atoms with Crippen LogP contribution in [0.2, 0.25) is 0 Å². The number of ketones is 1. The van der Waals surface area contributed by atoms with Gasteiger partial charge < -0.3 is 38.6 Å². The van der Waals surface area contributed by atoms with Gasteiger partial charge in [-0.3, -0.25) is 19.2 Å². The van der Waals surface area contributed by atoms with E-state index in [-0.39, 0.29) is 12.0 Å². The summed E-state index contributed by atoms with van der Waals surface area (Å²) in [6.07, 6.45) is -3.90. The smallest absolute Gasteiger partial charge is 0.341 e. The van der Waals surface area contributed by atoms with Crippen LogP contribution in [0.5, 0.6) is 0 Å². The monoisotopic (exact) mass is 672 g/mol. The first-order valence-corrected chi connectivity index (χ1v) is 17.0. The number of aliphatic hydroxyl groups is 2. The topological polar surface area (TPSA) is 188 Å². The van der Waals surface area contributed by atoms with E-state index in [1.54, 1.807) is 6.92 Å². The molecule has 3 saturated heterocycles. The van der Waals surface area contributed by atoms with E-state index in [0.717, 1.165) is 0 Å². The number of rotatable bonds is 3. The summed E-state index contributed by atoms with van der Waals surface area (Å²) in [5.41, 5.74) is -5.41. The molecule has 13 heteroatoms. The highest BCUT2D eigenvalue weighted by Gasteiger charge is 2.93. The first-order valence-electron chi connectivity index (χ1n) is 17.0. The Kier molecular flexibility index (Phi) is 6.17. The number of carbonyl (C=O) groups excluding carboxylic acids is 5. The summed E-state index contributed by atoms with van der Waals surface area (Å²) < 4.78 is 36.6. The molecule has 7 fully saturated rings. The Bertz CT molecular complexity index is 1620. The van der Waals surface area contributed by atoms with Crippen LogP contribution in [0.4, 0.5) is 0 Å². The zero-order chi connectivity index (χ0) is 35.0. The summed E-state index contributed by atoms with van der Waals surface area (Å²) in [5, 5.41) is 24.1. The third-order valence-electron chi connectivity index (χ3n) is 14.6. The highest BCUT2D eigenvalue weighted by atomic mass is 16.8. The predicted octanol–water partition coefficient (Wildman–Crippen LogP) is 2.16. The lowest BCUT2D eigenvalue weighted by molar-refractivity contribution is -0.202. The lowest BCUT2D eigenvalue weighted by atomic mass is 9.42. The molecule has 18 atom stereocenters. The van der Waals surface area contributed by atoms with Crippen LogP contribution in [-0.2, 0) is 52.4 Å². The summed E-state index contributed by atoms with van der Waals surface area (Å²) in [6, 6.07) is 0. The van der Waals surface area contributed by atoms with Gasteiger partial charge in [0.2, 0.25) is 11.6 Å². The van der Waals surface area contributed by atoms with Gasteiger partial charge in [0.25, 0.3) is 0 Å². The van der Waals surface area contributed by atoms with Crippen LogP contribution in [0.1, 0.15) is 68.7 Å². The third-order valence-corrected chi connectivity index (χ3v) is 14.6. The quantitative estimate of drug-likeness (QED) is 0.253. The second kappa shape index (κ2) is 9.19. The van der Waals surface area contributed by atoms with Crippen molar-refractivity contribution in [3.05, 3.63) is 11.3 Å². The van der Waals surface area contributed by atoms with Gasteiger partial charge in [0, 0.05) is 61.2 Å². The molecule has 0 bridgehead atoms. The van der Waals surface area contributed by atoms with Gasteiger partial charge in [0.05, 0.1) is 11.5 Å². The highest BCUT2D eigenvalue weighted by molar-refractivity contribution is 5.98. The van der Waals surface area contributed by atoms with Crippen molar-refractivity contribution in [3.8, 4) is 0 Å². The number of epoxide rings is 2. The van der Waals surface area contributed by atoms with Crippen molar-refractivity contribution in [3.63, 3.8) is 0 Å². The van der Waals surface area contributed by atoms with E-state index < -0.39 is 129 Å². The van der Waals surface area contributed by atoms with Crippen LogP contribution in [0.25, 0.3) is 0 Å². The summed E-state index contributed by atoms with van der Waals surface area (Å²) in [7, 11) is 0. The van der Waals surface area contributed by atoms with Crippen LogP contribution >= 0.6 is 0 Å². The number of Topliss-reactive ketones (excluding diaryl/α,β-unsaturated/α-hetero) is 1. The van der Waals surface area contributed by atoms with Gasteiger partial charge >= 0.3 is 23.9 Å². The van der Waals surface area contributed by atoms with E-state index in [9.17, 15) is 34.2 Å². The number of ether oxygens (including phenoxy) is 6. The highest BCUT2D eigenvalue weighted by Crippen LogP contribution is 2.81. The van der Waals surface area contributed by atoms with Crippen LogP contribution in [0, 0.1) is 57.7 Å². The molecule has 2 N–H and O–H groups in total. The molecule has 3 aliphatic heterocycles. The molecule has 0 amide bonds. The van der Waals surface area contributed by atoms with Gasteiger partial charge in [0.1, 0.15) is 30.5 Å². The van der Waals surface area contributed by atoms with E-state index in [1.165, 1.54) is 27.7 Å². The lowest BCUT2D eigenvalue weighted by Gasteiger charge is -2.62.